The lowest BCUT2D eigenvalue weighted by molar-refractivity contribution is 0.0705. The van der Waals surface area contributed by atoms with E-state index in [1.165, 1.54) is 0 Å². The Balaban J connectivity index is 1.30. The van der Waals surface area contributed by atoms with Gasteiger partial charge in [0, 0.05) is 42.8 Å². The molecule has 8 nitrogen and oxygen atoms in total. The van der Waals surface area contributed by atoms with Gasteiger partial charge in [0.05, 0.1) is 6.04 Å². The summed E-state index contributed by atoms with van der Waals surface area (Å²) >= 11 is 0. The van der Waals surface area contributed by atoms with Crippen LogP contribution in [0.15, 0.2) is 42.6 Å². The van der Waals surface area contributed by atoms with E-state index < -0.39 is 0 Å². The summed E-state index contributed by atoms with van der Waals surface area (Å²) in [7, 11) is 1.87. The maximum absolute atomic E-state index is 12.8. The van der Waals surface area contributed by atoms with E-state index in [9.17, 15) is 4.79 Å². The van der Waals surface area contributed by atoms with E-state index in [0.29, 0.717) is 5.56 Å². The van der Waals surface area contributed by atoms with Crippen molar-refractivity contribution in [1.82, 2.24) is 29.7 Å². The number of H-pyrrole nitrogens is 1. The number of hydrogen-bond donors (Lipinski definition) is 1. The number of nitrogens with zero attached hydrogens (tertiary/aromatic N) is 6. The van der Waals surface area contributed by atoms with Crippen LogP contribution in [0.25, 0.3) is 16.6 Å². The van der Waals surface area contributed by atoms with E-state index in [4.69, 9.17) is 0 Å². The third-order valence-electron chi connectivity index (χ3n) is 5.26. The summed E-state index contributed by atoms with van der Waals surface area (Å²) in [4.78, 5) is 20.0. The van der Waals surface area contributed by atoms with Crippen molar-refractivity contribution in [2.24, 2.45) is 0 Å². The van der Waals surface area contributed by atoms with Crippen LogP contribution in [0.3, 0.4) is 0 Å². The number of benzene rings is 1. The van der Waals surface area contributed by atoms with Crippen LogP contribution in [0.5, 0.6) is 0 Å². The third kappa shape index (κ3) is 2.52. The number of rotatable bonds is 3. The lowest BCUT2D eigenvalue weighted by Crippen LogP contribution is -2.60. The Morgan fingerprint density at radius 1 is 1.19 bits per heavy atom. The minimum atomic E-state index is 0.0424. The Bertz CT molecular complexity index is 1160. The van der Waals surface area contributed by atoms with Gasteiger partial charge in [-0.1, -0.05) is 0 Å². The second-order valence-corrected chi connectivity index (χ2v) is 6.96. The Hall–Kier alpha value is -3.42. The molecular weight excluding hydrogens is 342 g/mol. The fourth-order valence-corrected chi connectivity index (χ4v) is 3.50. The molecule has 0 bridgehead atoms. The molecular formula is C19H19N7O. The van der Waals surface area contributed by atoms with Crippen LogP contribution in [0.2, 0.25) is 0 Å². The molecule has 1 N–H and O–H groups in total. The topological polar surface area (TPSA) is 82.4 Å². The average Bonchev–Trinajstić information content (AvgIpc) is 3.26. The first-order valence-electron chi connectivity index (χ1n) is 8.88. The zero-order chi connectivity index (χ0) is 18.5. The molecule has 1 fully saturated rings. The van der Waals surface area contributed by atoms with Gasteiger partial charge < -0.3 is 14.8 Å². The average molecular weight is 361 g/mol. The van der Waals surface area contributed by atoms with Crippen LogP contribution in [0.1, 0.15) is 16.2 Å². The molecule has 8 heteroatoms. The molecule has 3 aromatic heterocycles. The third-order valence-corrected chi connectivity index (χ3v) is 5.26. The molecule has 136 valence electrons. The molecule has 0 atom stereocenters. The molecule has 0 spiro atoms. The summed E-state index contributed by atoms with van der Waals surface area (Å²) in [5.41, 5.74) is 2.48. The molecule has 0 saturated carbocycles. The molecule has 1 amide bonds. The SMILES string of the molecule is Cc1nnc2ccc(N3CC(N(C)C(=O)c4ccc5[nH]ccc5c4)C3)nn12. The van der Waals surface area contributed by atoms with Crippen molar-refractivity contribution in [3.63, 3.8) is 0 Å². The van der Waals surface area contributed by atoms with Crippen LogP contribution in [-0.2, 0) is 0 Å². The fraction of sp³-hybridized carbons (Fsp3) is 0.263. The quantitative estimate of drug-likeness (QED) is 0.602. The van der Waals surface area contributed by atoms with Gasteiger partial charge in [-0.15, -0.1) is 15.3 Å². The number of nitrogens with one attached hydrogen (secondary N) is 1. The van der Waals surface area contributed by atoms with Crippen LogP contribution < -0.4 is 4.90 Å². The number of carbonyl (C=O) groups is 1. The van der Waals surface area contributed by atoms with E-state index in [1.807, 2.05) is 61.5 Å². The maximum Gasteiger partial charge on any atom is 0.253 e. The molecule has 1 aliphatic heterocycles. The van der Waals surface area contributed by atoms with E-state index in [1.54, 1.807) is 4.52 Å². The van der Waals surface area contributed by atoms with Gasteiger partial charge in [0.25, 0.3) is 5.91 Å². The number of hydrogen-bond acceptors (Lipinski definition) is 5. The highest BCUT2D eigenvalue weighted by molar-refractivity contribution is 5.98. The zero-order valence-electron chi connectivity index (χ0n) is 15.1. The van der Waals surface area contributed by atoms with Gasteiger partial charge in [0.15, 0.2) is 11.5 Å². The standard InChI is InChI=1S/C19H19N7O/c1-12-21-22-17-5-6-18(23-26(12)17)25-10-15(11-25)24(2)19(27)14-3-4-16-13(9-14)7-8-20-16/h3-9,15,20H,10-11H2,1-2H3. The second kappa shape index (κ2) is 5.80. The molecule has 0 radical (unpaired) electrons. The largest absolute Gasteiger partial charge is 0.361 e. The van der Waals surface area contributed by atoms with Crippen molar-refractivity contribution in [3.05, 3.63) is 54.0 Å². The monoisotopic (exact) mass is 361 g/mol. The summed E-state index contributed by atoms with van der Waals surface area (Å²) in [6.45, 7) is 3.39. The Labute approximate surface area is 155 Å². The number of carbonyl (C=O) groups excluding carboxylic acids is 1. The van der Waals surface area contributed by atoms with Crippen LogP contribution in [0, 0.1) is 6.92 Å². The number of amides is 1. The molecule has 4 heterocycles. The first kappa shape index (κ1) is 15.8. The van der Waals surface area contributed by atoms with Gasteiger partial charge in [0.2, 0.25) is 0 Å². The highest BCUT2D eigenvalue weighted by Gasteiger charge is 2.34. The number of likely N-dealkylation sites (N-methyl/N-ethyl adjacent to an activating group) is 1. The normalized spacial score (nSPS) is 14.7. The van der Waals surface area contributed by atoms with E-state index in [0.717, 1.165) is 41.3 Å². The Morgan fingerprint density at radius 3 is 2.89 bits per heavy atom. The second-order valence-electron chi connectivity index (χ2n) is 6.96. The number of anilines is 1. The molecule has 0 unspecified atom stereocenters. The number of aryl methyl sites for hydroxylation is 1. The van der Waals surface area contributed by atoms with Gasteiger partial charge in [0.1, 0.15) is 5.82 Å². The number of aromatic nitrogens is 5. The first-order chi connectivity index (χ1) is 13.1. The smallest absolute Gasteiger partial charge is 0.253 e. The lowest BCUT2D eigenvalue weighted by atomic mass is 10.1. The van der Waals surface area contributed by atoms with Crippen molar-refractivity contribution in [2.45, 2.75) is 13.0 Å². The van der Waals surface area contributed by atoms with Crippen LogP contribution in [0.4, 0.5) is 5.82 Å². The minimum Gasteiger partial charge on any atom is -0.361 e. The lowest BCUT2D eigenvalue weighted by Gasteiger charge is -2.44. The summed E-state index contributed by atoms with van der Waals surface area (Å²) in [6, 6.07) is 11.8. The van der Waals surface area contributed by atoms with Crippen LogP contribution in [-0.4, -0.2) is 61.8 Å². The summed E-state index contributed by atoms with van der Waals surface area (Å²) in [5, 5.41) is 13.7. The molecule has 4 aromatic rings. The molecule has 5 rings (SSSR count). The summed E-state index contributed by atoms with van der Waals surface area (Å²) in [6.07, 6.45) is 1.88. The summed E-state index contributed by atoms with van der Waals surface area (Å²) in [5.74, 6) is 1.67. The van der Waals surface area contributed by atoms with Crippen molar-refractivity contribution < 1.29 is 4.79 Å². The van der Waals surface area contributed by atoms with Crippen molar-refractivity contribution in [2.75, 3.05) is 25.0 Å². The maximum atomic E-state index is 12.8. The van der Waals surface area contributed by atoms with E-state index in [2.05, 4.69) is 25.2 Å². The first-order valence-corrected chi connectivity index (χ1v) is 8.88. The van der Waals surface area contributed by atoms with Crippen molar-refractivity contribution in [1.29, 1.82) is 0 Å². The van der Waals surface area contributed by atoms with Crippen molar-refractivity contribution >= 4 is 28.3 Å². The number of fused-ring (bicyclic) bond motifs is 2. The van der Waals surface area contributed by atoms with Gasteiger partial charge in [-0.3, -0.25) is 4.79 Å². The minimum absolute atomic E-state index is 0.0424. The van der Waals surface area contributed by atoms with Gasteiger partial charge >= 0.3 is 0 Å². The Morgan fingerprint density at radius 2 is 2.04 bits per heavy atom. The molecule has 27 heavy (non-hydrogen) atoms. The van der Waals surface area contributed by atoms with Crippen molar-refractivity contribution in [3.8, 4) is 0 Å². The Kier molecular flexibility index (Phi) is 3.40. The zero-order valence-corrected chi connectivity index (χ0v) is 15.1. The summed E-state index contributed by atoms with van der Waals surface area (Å²) < 4.78 is 1.74. The van der Waals surface area contributed by atoms with E-state index >= 15 is 0 Å². The number of aromatic amines is 1. The molecule has 1 aliphatic rings. The highest BCUT2D eigenvalue weighted by atomic mass is 16.2. The molecule has 0 aliphatic carbocycles. The van der Waals surface area contributed by atoms with Gasteiger partial charge in [-0.05, 0) is 43.3 Å². The predicted molar refractivity (Wildman–Crippen MR) is 102 cm³/mol. The molecule has 1 aromatic carbocycles. The fourth-order valence-electron chi connectivity index (χ4n) is 3.50. The van der Waals surface area contributed by atoms with Gasteiger partial charge in [-0.2, -0.15) is 4.52 Å². The highest BCUT2D eigenvalue weighted by Crippen LogP contribution is 2.23. The van der Waals surface area contributed by atoms with Crippen LogP contribution >= 0.6 is 0 Å². The van der Waals surface area contributed by atoms with Gasteiger partial charge in [-0.25, -0.2) is 0 Å². The predicted octanol–water partition coefficient (Wildman–Crippen LogP) is 1.87. The molecule has 1 saturated heterocycles. The van der Waals surface area contributed by atoms with E-state index in [-0.39, 0.29) is 11.9 Å².